The molecule has 0 aromatic heterocycles. The number of ether oxygens (including phenoxy) is 2. The summed E-state index contributed by atoms with van der Waals surface area (Å²) in [6, 6.07) is 6.00. The van der Waals surface area contributed by atoms with Crippen LogP contribution in [0.2, 0.25) is 0 Å². The van der Waals surface area contributed by atoms with Crippen LogP contribution in [0.25, 0.3) is 0 Å². The highest BCUT2D eigenvalue weighted by Gasteiger charge is 2.23. The van der Waals surface area contributed by atoms with Crippen LogP contribution >= 0.6 is 0 Å². The molecule has 2 rings (SSSR count). The summed E-state index contributed by atoms with van der Waals surface area (Å²) in [6.07, 6.45) is 2.28. The van der Waals surface area contributed by atoms with E-state index in [1.165, 1.54) is 5.56 Å². The Labute approximate surface area is 119 Å². The number of carbonyl (C=O) groups is 1. The number of amides is 1. The lowest BCUT2D eigenvalue weighted by Gasteiger charge is -2.29. The average Bonchev–Trinajstić information content (AvgIpc) is 2.50. The van der Waals surface area contributed by atoms with Gasteiger partial charge < -0.3 is 20.1 Å². The molecule has 1 aromatic carbocycles. The molecule has 0 saturated heterocycles. The molecule has 1 heterocycles. The lowest BCUT2D eigenvalue weighted by Crippen LogP contribution is -2.36. The first kappa shape index (κ1) is 14.7. The van der Waals surface area contributed by atoms with Crippen LogP contribution in [0.15, 0.2) is 18.2 Å². The van der Waals surface area contributed by atoms with E-state index in [0.717, 1.165) is 30.6 Å². The Morgan fingerprint density at radius 1 is 1.40 bits per heavy atom. The number of nitrogens with zero attached hydrogens (tertiary/aromatic N) is 1. The first-order valence-corrected chi connectivity index (χ1v) is 7.02. The zero-order valence-electron chi connectivity index (χ0n) is 11.9. The molecular formula is C15H22N2O3. The zero-order chi connectivity index (χ0) is 14.4. The standard InChI is InChI=1S/C15H22N2O3/c1-19-14-6-4-5-12-7-9-17(11-13(12)14)15(18)20-10-3-2-8-16/h4-6H,2-3,7-11,16H2,1H3. The van der Waals surface area contributed by atoms with E-state index in [-0.39, 0.29) is 6.09 Å². The highest BCUT2D eigenvalue weighted by molar-refractivity contribution is 5.68. The Bertz CT molecular complexity index is 448. The van der Waals surface area contributed by atoms with Gasteiger partial charge in [-0.2, -0.15) is 0 Å². The smallest absolute Gasteiger partial charge is 0.410 e. The first-order valence-electron chi connectivity index (χ1n) is 7.02. The minimum Gasteiger partial charge on any atom is -0.496 e. The summed E-state index contributed by atoms with van der Waals surface area (Å²) in [5, 5.41) is 0. The van der Waals surface area contributed by atoms with E-state index in [2.05, 4.69) is 6.07 Å². The first-order chi connectivity index (χ1) is 9.76. The lowest BCUT2D eigenvalue weighted by molar-refractivity contribution is 0.0961. The second-order valence-electron chi connectivity index (χ2n) is 4.88. The van der Waals surface area contributed by atoms with Gasteiger partial charge in [-0.05, 0) is 37.4 Å². The van der Waals surface area contributed by atoms with E-state index in [0.29, 0.717) is 26.2 Å². The van der Waals surface area contributed by atoms with E-state index < -0.39 is 0 Å². The summed E-state index contributed by atoms with van der Waals surface area (Å²) in [5.41, 5.74) is 7.74. The molecule has 5 heteroatoms. The second-order valence-corrected chi connectivity index (χ2v) is 4.88. The van der Waals surface area contributed by atoms with Crippen LogP contribution < -0.4 is 10.5 Å². The van der Waals surface area contributed by atoms with Gasteiger partial charge in [-0.25, -0.2) is 4.79 Å². The summed E-state index contributed by atoms with van der Waals surface area (Å²) in [6.45, 7) is 2.31. The fraction of sp³-hybridized carbons (Fsp3) is 0.533. The Morgan fingerprint density at radius 3 is 3.00 bits per heavy atom. The van der Waals surface area contributed by atoms with Crippen molar-refractivity contribution in [1.82, 2.24) is 4.90 Å². The summed E-state index contributed by atoms with van der Waals surface area (Å²) in [5.74, 6) is 0.836. The molecule has 1 aliphatic heterocycles. The molecule has 5 nitrogen and oxygen atoms in total. The van der Waals surface area contributed by atoms with Crippen molar-refractivity contribution in [2.24, 2.45) is 5.73 Å². The normalized spacial score (nSPS) is 13.8. The summed E-state index contributed by atoms with van der Waals surface area (Å²) in [4.78, 5) is 13.7. The number of fused-ring (bicyclic) bond motifs is 1. The van der Waals surface area contributed by atoms with Gasteiger partial charge in [-0.3, -0.25) is 0 Å². The fourth-order valence-corrected chi connectivity index (χ4v) is 2.39. The molecule has 0 unspecified atom stereocenters. The third-order valence-electron chi connectivity index (χ3n) is 3.53. The average molecular weight is 278 g/mol. The molecule has 2 N–H and O–H groups in total. The van der Waals surface area contributed by atoms with Crippen molar-refractivity contribution in [1.29, 1.82) is 0 Å². The van der Waals surface area contributed by atoms with E-state index in [1.807, 2.05) is 12.1 Å². The third-order valence-corrected chi connectivity index (χ3v) is 3.53. The van der Waals surface area contributed by atoms with Crippen molar-refractivity contribution in [3.8, 4) is 5.75 Å². The molecule has 0 saturated carbocycles. The molecule has 1 aromatic rings. The summed E-state index contributed by atoms with van der Waals surface area (Å²) >= 11 is 0. The Kier molecular flexibility index (Phi) is 5.24. The Morgan fingerprint density at radius 2 is 2.25 bits per heavy atom. The summed E-state index contributed by atoms with van der Waals surface area (Å²) in [7, 11) is 1.65. The molecular weight excluding hydrogens is 256 g/mol. The Hall–Kier alpha value is -1.75. The monoisotopic (exact) mass is 278 g/mol. The van der Waals surface area contributed by atoms with Crippen LogP contribution in [0, 0.1) is 0 Å². The van der Waals surface area contributed by atoms with Crippen LogP contribution in [0.5, 0.6) is 5.75 Å². The number of benzene rings is 1. The fourth-order valence-electron chi connectivity index (χ4n) is 2.39. The predicted molar refractivity (Wildman–Crippen MR) is 76.7 cm³/mol. The van der Waals surface area contributed by atoms with Gasteiger partial charge in [0.2, 0.25) is 0 Å². The van der Waals surface area contributed by atoms with Gasteiger partial charge in [0.25, 0.3) is 0 Å². The minimum atomic E-state index is -0.251. The molecule has 1 aliphatic rings. The number of methoxy groups -OCH3 is 1. The van der Waals surface area contributed by atoms with Crippen LogP contribution in [-0.2, 0) is 17.7 Å². The maximum Gasteiger partial charge on any atom is 0.410 e. The van der Waals surface area contributed by atoms with Crippen molar-refractivity contribution in [3.63, 3.8) is 0 Å². The van der Waals surface area contributed by atoms with Gasteiger partial charge in [0.1, 0.15) is 5.75 Å². The maximum atomic E-state index is 12.0. The van der Waals surface area contributed by atoms with Crippen LogP contribution in [0.4, 0.5) is 4.79 Å². The van der Waals surface area contributed by atoms with Crippen molar-refractivity contribution < 1.29 is 14.3 Å². The number of rotatable bonds is 5. The molecule has 1 amide bonds. The van der Waals surface area contributed by atoms with E-state index >= 15 is 0 Å². The maximum absolute atomic E-state index is 12.0. The third kappa shape index (κ3) is 3.42. The van der Waals surface area contributed by atoms with Crippen molar-refractivity contribution in [2.75, 3.05) is 26.8 Å². The zero-order valence-corrected chi connectivity index (χ0v) is 11.9. The quantitative estimate of drug-likeness (QED) is 0.836. The topological polar surface area (TPSA) is 64.8 Å². The van der Waals surface area contributed by atoms with Gasteiger partial charge in [0.05, 0.1) is 20.3 Å². The molecule has 0 spiro atoms. The Balaban J connectivity index is 1.94. The molecule has 20 heavy (non-hydrogen) atoms. The van der Waals surface area contributed by atoms with Gasteiger partial charge in [0, 0.05) is 12.1 Å². The van der Waals surface area contributed by atoms with E-state index in [4.69, 9.17) is 15.2 Å². The number of unbranched alkanes of at least 4 members (excludes halogenated alkanes) is 1. The number of hydrogen-bond acceptors (Lipinski definition) is 4. The molecule has 110 valence electrons. The van der Waals surface area contributed by atoms with Gasteiger partial charge >= 0.3 is 6.09 Å². The van der Waals surface area contributed by atoms with Crippen LogP contribution in [-0.4, -0.2) is 37.8 Å². The molecule has 0 atom stereocenters. The van der Waals surface area contributed by atoms with Crippen molar-refractivity contribution in [3.05, 3.63) is 29.3 Å². The van der Waals surface area contributed by atoms with Gasteiger partial charge in [0.15, 0.2) is 0 Å². The lowest BCUT2D eigenvalue weighted by atomic mass is 9.99. The molecule has 0 radical (unpaired) electrons. The predicted octanol–water partition coefficient (Wildman–Crippen LogP) is 1.93. The number of nitrogens with two attached hydrogens (primary N) is 1. The highest BCUT2D eigenvalue weighted by Crippen LogP contribution is 2.28. The van der Waals surface area contributed by atoms with Crippen molar-refractivity contribution in [2.45, 2.75) is 25.8 Å². The molecule has 0 bridgehead atoms. The van der Waals surface area contributed by atoms with Crippen LogP contribution in [0.1, 0.15) is 24.0 Å². The SMILES string of the molecule is COc1cccc2c1CN(C(=O)OCCCCN)CC2. The van der Waals surface area contributed by atoms with Gasteiger partial charge in [-0.1, -0.05) is 12.1 Å². The second kappa shape index (κ2) is 7.14. The minimum absolute atomic E-state index is 0.251. The molecule has 0 fully saturated rings. The van der Waals surface area contributed by atoms with Crippen molar-refractivity contribution >= 4 is 6.09 Å². The van der Waals surface area contributed by atoms with Gasteiger partial charge in [-0.15, -0.1) is 0 Å². The largest absolute Gasteiger partial charge is 0.496 e. The number of carbonyl (C=O) groups excluding carboxylic acids is 1. The highest BCUT2D eigenvalue weighted by atomic mass is 16.6. The van der Waals surface area contributed by atoms with E-state index in [9.17, 15) is 4.79 Å². The van der Waals surface area contributed by atoms with Crippen LogP contribution in [0.3, 0.4) is 0 Å². The molecule has 0 aliphatic carbocycles. The number of hydrogen-bond donors (Lipinski definition) is 1. The van der Waals surface area contributed by atoms with E-state index in [1.54, 1.807) is 12.0 Å². The summed E-state index contributed by atoms with van der Waals surface area (Å²) < 4.78 is 10.6.